The van der Waals surface area contributed by atoms with Crippen LogP contribution in [0.15, 0.2) is 97.1 Å². The summed E-state index contributed by atoms with van der Waals surface area (Å²) in [6, 6.07) is 32.0. The van der Waals surface area contributed by atoms with Crippen LogP contribution in [0.5, 0.6) is 0 Å². The topological polar surface area (TPSA) is 70.2 Å². The number of nitrogens with one attached hydrogen (secondary N) is 2. The van der Waals surface area contributed by atoms with E-state index in [1.54, 1.807) is 0 Å². The quantitative estimate of drug-likeness (QED) is 0.219. The molecule has 6 heteroatoms. The normalized spacial score (nSPS) is 14.0. The summed E-state index contributed by atoms with van der Waals surface area (Å²) in [7, 11) is 0. The van der Waals surface area contributed by atoms with E-state index in [2.05, 4.69) is 45.9 Å². The molecule has 4 aromatic carbocycles. The monoisotopic (exact) mass is 541 g/mol. The van der Waals surface area contributed by atoms with E-state index in [9.17, 15) is 4.79 Å². The van der Waals surface area contributed by atoms with Gasteiger partial charge in [0.2, 0.25) is 5.95 Å². The van der Waals surface area contributed by atoms with Gasteiger partial charge in [0.1, 0.15) is 0 Å². The number of hydrogen-bond donors (Lipinski definition) is 2. The highest BCUT2D eigenvalue weighted by Crippen LogP contribution is 2.28. The molecule has 2 heterocycles. The standard InChI is InChI=1S/C35H35N5O/c1-25-15-16-26(24-40-21-9-2-3-10-22-40)23-32(25)37-34(41)28-17-19-29(20-18-28)36-35-38-31-14-8-7-13-30(31)33(39-35)27-11-5-4-6-12-27/h4-8,11-20,23H,2-3,9-10,21-22,24H2,1H3,(H,37,41)(H,36,38,39). The summed E-state index contributed by atoms with van der Waals surface area (Å²) in [6.45, 7) is 5.25. The molecular formula is C35H35N5O. The first kappa shape index (κ1) is 26.7. The molecule has 0 atom stereocenters. The van der Waals surface area contributed by atoms with Crippen molar-refractivity contribution in [3.8, 4) is 11.3 Å². The molecule has 41 heavy (non-hydrogen) atoms. The second-order valence-electron chi connectivity index (χ2n) is 10.8. The van der Waals surface area contributed by atoms with Crippen molar-refractivity contribution >= 4 is 34.1 Å². The first-order chi connectivity index (χ1) is 20.1. The molecule has 6 rings (SSSR count). The highest BCUT2D eigenvalue weighted by molar-refractivity contribution is 6.05. The largest absolute Gasteiger partial charge is 0.324 e. The number of aromatic nitrogens is 2. The third-order valence-electron chi connectivity index (χ3n) is 7.71. The molecule has 2 N–H and O–H groups in total. The number of hydrogen-bond acceptors (Lipinski definition) is 5. The molecule has 1 aromatic heterocycles. The van der Waals surface area contributed by atoms with Crippen LogP contribution in [0.2, 0.25) is 0 Å². The lowest BCUT2D eigenvalue weighted by atomic mass is 10.1. The van der Waals surface area contributed by atoms with Crippen LogP contribution < -0.4 is 10.6 Å². The number of benzene rings is 4. The van der Waals surface area contributed by atoms with E-state index >= 15 is 0 Å². The number of likely N-dealkylation sites (tertiary alicyclic amines) is 1. The minimum atomic E-state index is -0.125. The molecule has 0 bridgehead atoms. The molecule has 5 aromatic rings. The molecule has 0 aliphatic carbocycles. The van der Waals surface area contributed by atoms with Crippen molar-refractivity contribution in [3.05, 3.63) is 114 Å². The Bertz CT molecular complexity index is 1640. The lowest BCUT2D eigenvalue weighted by Gasteiger charge is -2.20. The van der Waals surface area contributed by atoms with Gasteiger partial charge in [-0.2, -0.15) is 0 Å². The minimum Gasteiger partial charge on any atom is -0.324 e. The summed E-state index contributed by atoms with van der Waals surface area (Å²) >= 11 is 0. The maximum Gasteiger partial charge on any atom is 0.255 e. The Labute approximate surface area is 241 Å². The van der Waals surface area contributed by atoms with Crippen LogP contribution in [0.3, 0.4) is 0 Å². The van der Waals surface area contributed by atoms with Crippen LogP contribution >= 0.6 is 0 Å². The fraction of sp³-hybridized carbons (Fsp3) is 0.229. The van der Waals surface area contributed by atoms with Gasteiger partial charge >= 0.3 is 0 Å². The zero-order valence-electron chi connectivity index (χ0n) is 23.4. The van der Waals surface area contributed by atoms with Crippen molar-refractivity contribution in [1.82, 2.24) is 14.9 Å². The van der Waals surface area contributed by atoms with E-state index in [0.29, 0.717) is 11.5 Å². The summed E-state index contributed by atoms with van der Waals surface area (Å²) in [6.07, 6.45) is 5.18. The van der Waals surface area contributed by atoms with Gasteiger partial charge in [0, 0.05) is 34.4 Å². The number of carbonyl (C=O) groups is 1. The maximum absolute atomic E-state index is 13.2. The lowest BCUT2D eigenvalue weighted by Crippen LogP contribution is -2.24. The molecule has 206 valence electrons. The van der Waals surface area contributed by atoms with Crippen LogP contribution in [0.25, 0.3) is 22.2 Å². The van der Waals surface area contributed by atoms with Crippen molar-refractivity contribution in [2.75, 3.05) is 23.7 Å². The van der Waals surface area contributed by atoms with Gasteiger partial charge in [0.25, 0.3) is 5.91 Å². The Morgan fingerprint density at radius 1 is 0.805 bits per heavy atom. The lowest BCUT2D eigenvalue weighted by molar-refractivity contribution is 0.102. The van der Waals surface area contributed by atoms with Gasteiger partial charge in [-0.1, -0.05) is 73.5 Å². The Kier molecular flexibility index (Phi) is 8.01. The smallest absolute Gasteiger partial charge is 0.255 e. The van der Waals surface area contributed by atoms with E-state index in [-0.39, 0.29) is 5.91 Å². The molecule has 1 amide bonds. The molecular weight excluding hydrogens is 506 g/mol. The van der Waals surface area contributed by atoms with E-state index in [0.717, 1.165) is 58.7 Å². The van der Waals surface area contributed by atoms with Crippen molar-refractivity contribution in [2.45, 2.75) is 39.2 Å². The molecule has 0 saturated carbocycles. The zero-order valence-corrected chi connectivity index (χ0v) is 23.4. The molecule has 1 saturated heterocycles. The first-order valence-electron chi connectivity index (χ1n) is 14.4. The van der Waals surface area contributed by atoms with Gasteiger partial charge in [-0.05, 0) is 80.4 Å². The summed E-state index contributed by atoms with van der Waals surface area (Å²) in [5, 5.41) is 7.45. The van der Waals surface area contributed by atoms with E-state index in [4.69, 9.17) is 9.97 Å². The highest BCUT2D eigenvalue weighted by Gasteiger charge is 2.13. The van der Waals surface area contributed by atoms with E-state index in [1.807, 2.05) is 73.7 Å². The molecule has 0 spiro atoms. The maximum atomic E-state index is 13.2. The molecule has 6 nitrogen and oxygen atoms in total. The van der Waals surface area contributed by atoms with Gasteiger partial charge in [-0.25, -0.2) is 9.97 Å². The third kappa shape index (κ3) is 6.44. The van der Waals surface area contributed by atoms with Crippen LogP contribution in [-0.2, 0) is 6.54 Å². The van der Waals surface area contributed by atoms with Gasteiger partial charge in [-0.15, -0.1) is 0 Å². The fourth-order valence-electron chi connectivity index (χ4n) is 5.43. The average Bonchev–Trinajstić information content (AvgIpc) is 3.28. The zero-order chi connectivity index (χ0) is 28.0. The summed E-state index contributed by atoms with van der Waals surface area (Å²) in [5.74, 6) is 0.386. The van der Waals surface area contributed by atoms with Crippen LogP contribution in [0.4, 0.5) is 17.3 Å². The van der Waals surface area contributed by atoms with Crippen molar-refractivity contribution in [3.63, 3.8) is 0 Å². The Morgan fingerprint density at radius 3 is 2.32 bits per heavy atom. The second kappa shape index (κ2) is 12.3. The van der Waals surface area contributed by atoms with E-state index in [1.165, 1.54) is 31.2 Å². The molecule has 1 fully saturated rings. The SMILES string of the molecule is Cc1ccc(CN2CCCCCC2)cc1NC(=O)c1ccc(Nc2nc(-c3ccccc3)c3ccccc3n2)cc1. The Morgan fingerprint density at radius 2 is 1.54 bits per heavy atom. The second-order valence-corrected chi connectivity index (χ2v) is 10.8. The first-order valence-corrected chi connectivity index (χ1v) is 14.4. The molecule has 0 radical (unpaired) electrons. The Hall–Kier alpha value is -4.55. The highest BCUT2D eigenvalue weighted by atomic mass is 16.1. The number of amides is 1. The van der Waals surface area contributed by atoms with Crippen molar-refractivity contribution in [1.29, 1.82) is 0 Å². The van der Waals surface area contributed by atoms with Gasteiger partial charge in [-0.3, -0.25) is 9.69 Å². The minimum absolute atomic E-state index is 0.125. The van der Waals surface area contributed by atoms with Crippen LogP contribution in [0.1, 0.15) is 47.2 Å². The van der Waals surface area contributed by atoms with Gasteiger partial charge in [0.15, 0.2) is 0 Å². The van der Waals surface area contributed by atoms with Crippen molar-refractivity contribution < 1.29 is 4.79 Å². The number of para-hydroxylation sites is 1. The number of carbonyl (C=O) groups excluding carboxylic acids is 1. The molecule has 1 aliphatic heterocycles. The summed E-state index contributed by atoms with van der Waals surface area (Å²) in [5.41, 5.74) is 7.34. The van der Waals surface area contributed by atoms with Gasteiger partial charge < -0.3 is 10.6 Å². The van der Waals surface area contributed by atoms with Crippen molar-refractivity contribution in [2.24, 2.45) is 0 Å². The Balaban J connectivity index is 1.16. The predicted octanol–water partition coefficient (Wildman–Crippen LogP) is 7.98. The van der Waals surface area contributed by atoms with E-state index < -0.39 is 0 Å². The predicted molar refractivity (Wildman–Crippen MR) is 168 cm³/mol. The van der Waals surface area contributed by atoms with Crippen LogP contribution in [0, 0.1) is 6.92 Å². The van der Waals surface area contributed by atoms with Crippen LogP contribution in [-0.4, -0.2) is 33.9 Å². The number of aryl methyl sites for hydroxylation is 1. The number of fused-ring (bicyclic) bond motifs is 1. The molecule has 0 unspecified atom stereocenters. The number of rotatable bonds is 7. The molecule has 1 aliphatic rings. The number of nitrogens with zero attached hydrogens (tertiary/aromatic N) is 3. The summed E-state index contributed by atoms with van der Waals surface area (Å²) < 4.78 is 0. The summed E-state index contributed by atoms with van der Waals surface area (Å²) in [4.78, 5) is 25.3. The number of anilines is 3. The fourth-order valence-corrected chi connectivity index (χ4v) is 5.43. The third-order valence-corrected chi connectivity index (χ3v) is 7.71. The van der Waals surface area contributed by atoms with Gasteiger partial charge in [0.05, 0.1) is 11.2 Å². The average molecular weight is 542 g/mol.